The highest BCUT2D eigenvalue weighted by atomic mass is 16.6. The monoisotopic (exact) mass is 539 g/mol. The van der Waals surface area contributed by atoms with E-state index in [1.165, 1.54) is 38.9 Å². The van der Waals surface area contributed by atoms with Crippen LogP contribution in [0.2, 0.25) is 0 Å². The van der Waals surface area contributed by atoms with Crippen molar-refractivity contribution >= 4 is 40.7 Å². The molecular formula is C35H29N3O3. The Labute approximate surface area is 237 Å². The van der Waals surface area contributed by atoms with E-state index in [-0.39, 0.29) is 11.5 Å². The standard InChI is InChI=1S/C26H21NO3.C9H8N2/c1-16-15-18-5-2-3-6-20(18)23-14-13-21-22(25(16)23)7-4-8-24(21)26(28)17-9-11-19(12-10-17)27(29)30;1-2-5-9-8(4-1)10-6-3-7-11-9/h2-3,5-6,9-16H,4,7-8H2,1H3;1-7,10H. The number of ketones is 1. The van der Waals surface area contributed by atoms with Crippen LogP contribution in [0.1, 0.15) is 47.2 Å². The maximum Gasteiger partial charge on any atom is 0.269 e. The highest BCUT2D eigenvalue weighted by Crippen LogP contribution is 2.29. The molecule has 0 fully saturated rings. The topological polar surface area (TPSA) is 84.6 Å². The first-order valence-electron chi connectivity index (χ1n) is 13.8. The van der Waals surface area contributed by atoms with Gasteiger partial charge in [0.2, 0.25) is 0 Å². The molecule has 0 saturated heterocycles. The highest BCUT2D eigenvalue weighted by molar-refractivity contribution is 6.24. The number of para-hydroxylation sites is 2. The zero-order chi connectivity index (χ0) is 28.3. The molecule has 3 aliphatic rings. The molecule has 1 aliphatic heterocycles. The van der Waals surface area contributed by atoms with Gasteiger partial charge in [0, 0.05) is 41.6 Å². The van der Waals surface area contributed by atoms with E-state index in [0.717, 1.165) is 41.4 Å². The Bertz CT molecular complexity index is 1960. The lowest BCUT2D eigenvalue weighted by molar-refractivity contribution is -0.384. The lowest BCUT2D eigenvalue weighted by Gasteiger charge is -2.23. The third-order valence-electron chi connectivity index (χ3n) is 7.82. The van der Waals surface area contributed by atoms with E-state index >= 15 is 0 Å². The second-order valence-electron chi connectivity index (χ2n) is 10.4. The molecule has 6 heteroatoms. The molecule has 0 amide bonds. The summed E-state index contributed by atoms with van der Waals surface area (Å²) in [5, 5.41) is 18.9. The zero-order valence-electron chi connectivity index (χ0n) is 22.7. The second kappa shape index (κ2) is 11.2. The predicted molar refractivity (Wildman–Crippen MR) is 164 cm³/mol. The van der Waals surface area contributed by atoms with Crippen LogP contribution in [0.15, 0.2) is 102 Å². The molecule has 202 valence electrons. The summed E-state index contributed by atoms with van der Waals surface area (Å²) in [6.45, 7) is 2.22. The summed E-state index contributed by atoms with van der Waals surface area (Å²) in [4.78, 5) is 28.0. The predicted octanol–water partition coefficient (Wildman–Crippen LogP) is 6.48. The van der Waals surface area contributed by atoms with Crippen LogP contribution < -0.4 is 15.8 Å². The molecule has 0 bridgehead atoms. The van der Waals surface area contributed by atoms with Crippen molar-refractivity contribution in [1.82, 2.24) is 0 Å². The summed E-state index contributed by atoms with van der Waals surface area (Å²) in [5.74, 6) is 0.261. The van der Waals surface area contributed by atoms with Crippen molar-refractivity contribution < 1.29 is 9.72 Å². The SMILES string of the molecule is C1=CNc2ccccc2N=C1.CC1C=c2ccccc2=c2ccc3c(c21)CCCC=3C(=O)c1ccc([N+](=O)[O-])cc1. The number of aliphatic imine (C=N–C) groups is 1. The van der Waals surface area contributed by atoms with Crippen molar-refractivity contribution in [3.63, 3.8) is 0 Å². The second-order valence-corrected chi connectivity index (χ2v) is 10.4. The van der Waals surface area contributed by atoms with E-state index in [4.69, 9.17) is 0 Å². The Balaban J connectivity index is 0.000000229. The molecule has 0 aromatic heterocycles. The van der Waals surface area contributed by atoms with Crippen molar-refractivity contribution in [3.05, 3.63) is 145 Å². The van der Waals surface area contributed by atoms with E-state index in [0.29, 0.717) is 11.5 Å². The third-order valence-corrected chi connectivity index (χ3v) is 7.82. The largest absolute Gasteiger partial charge is 0.360 e. The number of nitro groups is 1. The van der Waals surface area contributed by atoms with E-state index < -0.39 is 4.92 Å². The molecule has 41 heavy (non-hydrogen) atoms. The summed E-state index contributed by atoms with van der Waals surface area (Å²) >= 11 is 0. The molecule has 6 nitrogen and oxygen atoms in total. The number of hydrogen-bond acceptors (Lipinski definition) is 5. The number of rotatable bonds is 3. The molecule has 0 saturated carbocycles. The molecule has 1 atom stereocenters. The Morgan fingerprint density at radius 2 is 1.66 bits per heavy atom. The number of carbonyl (C=O) groups excluding carboxylic acids is 1. The molecule has 4 aromatic carbocycles. The smallest absolute Gasteiger partial charge is 0.269 e. The molecule has 2 aliphatic carbocycles. The van der Waals surface area contributed by atoms with Crippen molar-refractivity contribution in [1.29, 1.82) is 0 Å². The van der Waals surface area contributed by atoms with Crippen LogP contribution in [0, 0.1) is 20.6 Å². The minimum atomic E-state index is -0.445. The summed E-state index contributed by atoms with van der Waals surface area (Å²) < 4.78 is 0. The molecule has 1 unspecified atom stereocenters. The van der Waals surface area contributed by atoms with Crippen molar-refractivity contribution in [2.75, 3.05) is 5.32 Å². The number of nitrogens with one attached hydrogen (secondary N) is 1. The molecule has 1 N–H and O–H groups in total. The van der Waals surface area contributed by atoms with Crippen LogP contribution in [0.4, 0.5) is 17.1 Å². The maximum absolute atomic E-state index is 13.3. The number of carbonyl (C=O) groups is 1. The number of benzene rings is 4. The van der Waals surface area contributed by atoms with Gasteiger partial charge < -0.3 is 5.32 Å². The van der Waals surface area contributed by atoms with Crippen LogP contribution in [-0.4, -0.2) is 16.9 Å². The number of anilines is 1. The fraction of sp³-hybridized carbons (Fsp3) is 0.143. The summed E-state index contributed by atoms with van der Waals surface area (Å²) in [6.07, 6.45) is 10.5. The number of fused-ring (bicyclic) bond motifs is 5. The van der Waals surface area contributed by atoms with Gasteiger partial charge in [0.25, 0.3) is 5.69 Å². The van der Waals surface area contributed by atoms with Crippen LogP contribution in [0.3, 0.4) is 0 Å². The minimum Gasteiger partial charge on any atom is -0.360 e. The fourth-order valence-corrected chi connectivity index (χ4v) is 5.95. The van der Waals surface area contributed by atoms with E-state index in [1.54, 1.807) is 18.3 Å². The van der Waals surface area contributed by atoms with Gasteiger partial charge in [-0.2, -0.15) is 0 Å². The van der Waals surface area contributed by atoms with Crippen molar-refractivity contribution in [2.45, 2.75) is 32.1 Å². The first kappa shape index (κ1) is 26.1. The average Bonchev–Trinajstić information content (AvgIpc) is 3.26. The van der Waals surface area contributed by atoms with E-state index in [2.05, 4.69) is 59.7 Å². The Hall–Kier alpha value is -5.10. The number of hydrogen-bond donors (Lipinski definition) is 1. The zero-order valence-corrected chi connectivity index (χ0v) is 22.7. The number of nitrogens with zero attached hydrogens (tertiary/aromatic N) is 2. The number of Topliss-reactive ketones (excluding diaryl/α,β-unsaturated/α-hetero) is 1. The van der Waals surface area contributed by atoms with Crippen LogP contribution in [0.5, 0.6) is 0 Å². The van der Waals surface area contributed by atoms with Gasteiger partial charge >= 0.3 is 0 Å². The normalized spacial score (nSPS) is 15.8. The van der Waals surface area contributed by atoms with Gasteiger partial charge in [-0.05, 0) is 81.6 Å². The van der Waals surface area contributed by atoms with Gasteiger partial charge in [-0.15, -0.1) is 0 Å². The minimum absolute atomic E-state index is 0.00214. The molecular weight excluding hydrogens is 510 g/mol. The molecule has 0 spiro atoms. The average molecular weight is 540 g/mol. The Morgan fingerprint density at radius 1 is 0.902 bits per heavy atom. The fourth-order valence-electron chi connectivity index (χ4n) is 5.95. The van der Waals surface area contributed by atoms with Gasteiger partial charge in [-0.25, -0.2) is 0 Å². The van der Waals surface area contributed by atoms with Crippen LogP contribution in [0.25, 0.3) is 11.6 Å². The number of non-ortho nitro benzene ring substituents is 1. The Morgan fingerprint density at radius 3 is 2.49 bits per heavy atom. The Kier molecular flexibility index (Phi) is 7.13. The lowest BCUT2D eigenvalue weighted by Crippen LogP contribution is -2.26. The van der Waals surface area contributed by atoms with Crippen molar-refractivity contribution in [2.24, 2.45) is 4.99 Å². The van der Waals surface area contributed by atoms with Crippen LogP contribution in [-0.2, 0) is 6.42 Å². The van der Waals surface area contributed by atoms with E-state index in [9.17, 15) is 14.9 Å². The highest BCUT2D eigenvalue weighted by Gasteiger charge is 2.23. The van der Waals surface area contributed by atoms with Gasteiger partial charge in [0.1, 0.15) is 0 Å². The van der Waals surface area contributed by atoms with Crippen LogP contribution >= 0.6 is 0 Å². The summed E-state index contributed by atoms with van der Waals surface area (Å²) in [5.41, 5.74) is 5.97. The number of nitro benzene ring substituents is 1. The lowest BCUT2D eigenvalue weighted by atomic mass is 9.81. The molecule has 7 rings (SSSR count). The summed E-state index contributed by atoms with van der Waals surface area (Å²) in [6, 6.07) is 26.6. The maximum atomic E-state index is 13.3. The van der Waals surface area contributed by atoms with Crippen molar-refractivity contribution in [3.8, 4) is 0 Å². The molecule has 0 radical (unpaired) electrons. The van der Waals surface area contributed by atoms with Gasteiger partial charge in [0.15, 0.2) is 5.78 Å². The number of allylic oxidation sites excluding steroid dienone is 1. The summed E-state index contributed by atoms with van der Waals surface area (Å²) in [7, 11) is 0. The third kappa shape index (κ3) is 5.12. The van der Waals surface area contributed by atoms with Gasteiger partial charge in [-0.3, -0.25) is 19.9 Å². The molecule has 1 heterocycles. The first-order chi connectivity index (χ1) is 20.0. The first-order valence-corrected chi connectivity index (χ1v) is 13.8. The molecule has 4 aromatic rings. The van der Waals surface area contributed by atoms with Gasteiger partial charge in [0.05, 0.1) is 16.3 Å². The quantitative estimate of drug-likeness (QED) is 0.184. The van der Waals surface area contributed by atoms with Gasteiger partial charge in [-0.1, -0.05) is 61.5 Å². The van der Waals surface area contributed by atoms with E-state index in [1.807, 2.05) is 36.5 Å².